The van der Waals surface area contributed by atoms with Crippen LogP contribution < -0.4 is 9.47 Å². The summed E-state index contributed by atoms with van der Waals surface area (Å²) in [5, 5.41) is 32.4. The van der Waals surface area contributed by atoms with Gasteiger partial charge in [0.15, 0.2) is 0 Å². The molecule has 3 atom stereocenters. The number of likely N-dealkylation sites (tertiary alicyclic amines) is 1. The Hall–Kier alpha value is -4.31. The number of carbonyl (C=O) groups is 1. The van der Waals surface area contributed by atoms with E-state index in [1.165, 1.54) is 4.90 Å². The molecule has 1 fully saturated rings. The van der Waals surface area contributed by atoms with Gasteiger partial charge in [-0.15, -0.1) is 0 Å². The van der Waals surface area contributed by atoms with E-state index < -0.39 is 24.2 Å². The Bertz CT molecular complexity index is 1510. The SMILES string of the molecule is COc1ccccc1COCCCOc1ccc(C2C(O)CN(C(=O)O)CC2OCc2ccc3ccc(O)cc3c2)cc1. The minimum Gasteiger partial charge on any atom is -0.508 e. The molecule has 226 valence electrons. The first-order chi connectivity index (χ1) is 20.9. The van der Waals surface area contributed by atoms with Crippen LogP contribution in [0.5, 0.6) is 17.2 Å². The number of phenols is 1. The summed E-state index contributed by atoms with van der Waals surface area (Å²) >= 11 is 0. The van der Waals surface area contributed by atoms with Gasteiger partial charge in [0.25, 0.3) is 0 Å². The zero-order valence-corrected chi connectivity index (χ0v) is 24.1. The first-order valence-corrected chi connectivity index (χ1v) is 14.3. The van der Waals surface area contributed by atoms with Gasteiger partial charge in [0.2, 0.25) is 0 Å². The fourth-order valence-corrected chi connectivity index (χ4v) is 5.46. The lowest BCUT2D eigenvalue weighted by Gasteiger charge is -2.40. The molecule has 9 nitrogen and oxygen atoms in total. The van der Waals surface area contributed by atoms with Gasteiger partial charge in [-0.25, -0.2) is 4.79 Å². The van der Waals surface area contributed by atoms with Crippen molar-refractivity contribution in [2.45, 2.75) is 37.8 Å². The monoisotopic (exact) mass is 587 g/mol. The van der Waals surface area contributed by atoms with Crippen molar-refractivity contribution in [3.8, 4) is 17.2 Å². The normalized spacial score (nSPS) is 18.5. The number of carboxylic acid groups (broad SMARTS) is 1. The predicted molar refractivity (Wildman–Crippen MR) is 162 cm³/mol. The summed E-state index contributed by atoms with van der Waals surface area (Å²) in [6.45, 7) is 1.87. The van der Waals surface area contributed by atoms with E-state index in [0.717, 1.165) is 33.2 Å². The molecule has 1 heterocycles. The molecule has 4 aromatic rings. The van der Waals surface area contributed by atoms with Gasteiger partial charge in [-0.05, 0) is 58.3 Å². The number of aliphatic hydroxyl groups is 1. The average molecular weight is 588 g/mol. The average Bonchev–Trinajstić information content (AvgIpc) is 3.01. The van der Waals surface area contributed by atoms with E-state index >= 15 is 0 Å². The maximum absolute atomic E-state index is 11.8. The van der Waals surface area contributed by atoms with Crippen molar-refractivity contribution in [2.75, 3.05) is 33.4 Å². The highest BCUT2D eigenvalue weighted by molar-refractivity contribution is 5.84. The number of benzene rings is 4. The van der Waals surface area contributed by atoms with Crippen LogP contribution in [0, 0.1) is 0 Å². The van der Waals surface area contributed by atoms with Crippen molar-refractivity contribution in [3.63, 3.8) is 0 Å². The fraction of sp³-hybridized carbons (Fsp3) is 0.324. The van der Waals surface area contributed by atoms with Crippen LogP contribution in [0.15, 0.2) is 84.9 Å². The Morgan fingerprint density at radius 1 is 0.907 bits per heavy atom. The van der Waals surface area contributed by atoms with Crippen molar-refractivity contribution in [3.05, 3.63) is 102 Å². The van der Waals surface area contributed by atoms with E-state index in [1.54, 1.807) is 19.2 Å². The number of amides is 1. The lowest BCUT2D eigenvalue weighted by molar-refractivity contribution is -0.0660. The molecule has 3 N–H and O–H groups in total. The zero-order valence-electron chi connectivity index (χ0n) is 24.1. The molecular weight excluding hydrogens is 550 g/mol. The Morgan fingerprint density at radius 2 is 1.70 bits per heavy atom. The maximum atomic E-state index is 11.8. The van der Waals surface area contributed by atoms with E-state index in [2.05, 4.69) is 0 Å². The second-order valence-electron chi connectivity index (χ2n) is 10.6. The number of para-hydroxylation sites is 1. The highest BCUT2D eigenvalue weighted by Crippen LogP contribution is 2.33. The van der Waals surface area contributed by atoms with Gasteiger partial charge in [0.05, 0.1) is 58.8 Å². The molecule has 1 aliphatic rings. The van der Waals surface area contributed by atoms with Crippen LogP contribution in [0.2, 0.25) is 0 Å². The summed E-state index contributed by atoms with van der Waals surface area (Å²) in [7, 11) is 1.64. The Balaban J connectivity index is 1.17. The molecule has 0 saturated carbocycles. The van der Waals surface area contributed by atoms with Crippen molar-refractivity contribution in [2.24, 2.45) is 0 Å². The number of piperidine rings is 1. The number of ether oxygens (including phenoxy) is 4. The van der Waals surface area contributed by atoms with Gasteiger partial charge in [0, 0.05) is 17.9 Å². The van der Waals surface area contributed by atoms with Crippen LogP contribution in [0.1, 0.15) is 29.0 Å². The topological polar surface area (TPSA) is 118 Å². The van der Waals surface area contributed by atoms with Crippen molar-refractivity contribution in [1.29, 1.82) is 0 Å². The summed E-state index contributed by atoms with van der Waals surface area (Å²) < 4.78 is 23.3. The molecule has 9 heteroatoms. The molecule has 0 radical (unpaired) electrons. The van der Waals surface area contributed by atoms with Gasteiger partial charge in [0.1, 0.15) is 17.2 Å². The summed E-state index contributed by atoms with van der Waals surface area (Å²) in [4.78, 5) is 12.9. The van der Waals surface area contributed by atoms with Gasteiger partial charge >= 0.3 is 6.09 Å². The number of rotatable bonds is 12. The number of methoxy groups -OCH3 is 1. The standard InChI is InChI=1S/C34H37NO8/c1-40-31-6-3-2-5-26(31)22-41-15-4-16-42-29-13-10-25(11-14-29)33-30(37)19-35(34(38)39)20-32(33)43-21-23-7-8-24-9-12-28(36)18-27(24)17-23/h2-3,5-14,17-18,30,32-33,36-37H,4,15-16,19-22H2,1H3,(H,38,39). The molecular formula is C34H37NO8. The molecule has 43 heavy (non-hydrogen) atoms. The molecule has 0 aliphatic carbocycles. The minimum atomic E-state index is -1.09. The van der Waals surface area contributed by atoms with E-state index in [-0.39, 0.29) is 25.4 Å². The summed E-state index contributed by atoms with van der Waals surface area (Å²) in [5.41, 5.74) is 2.73. The number of hydrogen-bond donors (Lipinski definition) is 3. The minimum absolute atomic E-state index is 0.00220. The number of β-amino-alcohol motifs (C(OH)–C–C–N with tert-alkyl or cyclic N) is 1. The number of phenolic OH excluding ortho intramolecular Hbond substituents is 1. The number of nitrogens with zero attached hydrogens (tertiary/aromatic N) is 1. The third-order valence-electron chi connectivity index (χ3n) is 7.66. The Morgan fingerprint density at radius 3 is 2.49 bits per heavy atom. The summed E-state index contributed by atoms with van der Waals surface area (Å²) in [6, 6.07) is 26.3. The zero-order chi connectivity index (χ0) is 30.2. The van der Waals surface area contributed by atoms with Crippen molar-refractivity contribution < 1.29 is 39.1 Å². The molecule has 0 bridgehead atoms. The molecule has 3 unspecified atom stereocenters. The van der Waals surface area contributed by atoms with Gasteiger partial charge in [-0.2, -0.15) is 0 Å². The highest BCUT2D eigenvalue weighted by atomic mass is 16.5. The second kappa shape index (κ2) is 14.2. The Labute approximate surface area is 250 Å². The third kappa shape index (κ3) is 7.75. The van der Waals surface area contributed by atoms with Crippen LogP contribution in [0.3, 0.4) is 0 Å². The lowest BCUT2D eigenvalue weighted by atomic mass is 9.84. The lowest BCUT2D eigenvalue weighted by Crippen LogP contribution is -2.53. The first-order valence-electron chi connectivity index (χ1n) is 14.3. The van der Waals surface area contributed by atoms with Crippen LogP contribution >= 0.6 is 0 Å². The van der Waals surface area contributed by atoms with Gasteiger partial charge in [-0.1, -0.05) is 48.5 Å². The maximum Gasteiger partial charge on any atom is 0.407 e. The van der Waals surface area contributed by atoms with Crippen molar-refractivity contribution >= 4 is 16.9 Å². The van der Waals surface area contributed by atoms with E-state index in [9.17, 15) is 20.1 Å². The summed E-state index contributed by atoms with van der Waals surface area (Å²) in [5.74, 6) is 1.27. The van der Waals surface area contributed by atoms with Gasteiger partial charge in [-0.3, -0.25) is 0 Å². The smallest absolute Gasteiger partial charge is 0.407 e. The molecule has 1 saturated heterocycles. The Kier molecular flexibility index (Phi) is 9.99. The molecule has 5 rings (SSSR count). The summed E-state index contributed by atoms with van der Waals surface area (Å²) in [6.07, 6.45) is -1.88. The quantitative estimate of drug-likeness (QED) is 0.184. The van der Waals surface area contributed by atoms with Crippen LogP contribution in [0.4, 0.5) is 4.79 Å². The van der Waals surface area contributed by atoms with Crippen molar-refractivity contribution in [1.82, 2.24) is 4.90 Å². The molecule has 1 aliphatic heterocycles. The number of fused-ring (bicyclic) bond motifs is 1. The number of aliphatic hydroxyl groups excluding tert-OH is 1. The fourth-order valence-electron chi connectivity index (χ4n) is 5.46. The molecule has 1 amide bonds. The largest absolute Gasteiger partial charge is 0.508 e. The van der Waals surface area contributed by atoms with Crippen LogP contribution in [-0.2, 0) is 22.7 Å². The first kappa shape index (κ1) is 30.2. The highest BCUT2D eigenvalue weighted by Gasteiger charge is 2.39. The second-order valence-corrected chi connectivity index (χ2v) is 10.6. The number of aromatic hydroxyl groups is 1. The third-order valence-corrected chi connectivity index (χ3v) is 7.66. The molecule has 4 aromatic carbocycles. The predicted octanol–water partition coefficient (Wildman–Crippen LogP) is 5.56. The van der Waals surface area contributed by atoms with E-state index in [1.807, 2.05) is 72.8 Å². The van der Waals surface area contributed by atoms with Gasteiger partial charge < -0.3 is 39.2 Å². The molecule has 0 spiro atoms. The van der Waals surface area contributed by atoms with Crippen LogP contribution in [-0.4, -0.2) is 71.9 Å². The number of hydrogen-bond acceptors (Lipinski definition) is 7. The van der Waals surface area contributed by atoms with Crippen LogP contribution in [0.25, 0.3) is 10.8 Å². The van der Waals surface area contributed by atoms with E-state index in [4.69, 9.17) is 18.9 Å². The molecule has 0 aromatic heterocycles. The van der Waals surface area contributed by atoms with E-state index in [0.29, 0.717) is 32.0 Å².